The standard InChI is InChI=1S/C40H75NO18/c1-3-4-5-6-7-8-9-10-11-12-13-14-15-16-17-18-25(46)24(41-23(2)45)22-54-38-34(52)31(49)36(27(20-43)56-38)59-40-35(53)32(50)37(28(21-44)57-40)58-39-33(51)30(48)29(47)26(19-42)55-39/h24-40,42-44,46-53H,3-22H2,1-2H3,(H,41,45). The summed E-state index contributed by atoms with van der Waals surface area (Å²) in [4.78, 5) is 12.0. The molecule has 3 rings (SSSR count). The van der Waals surface area contributed by atoms with Gasteiger partial charge in [0.15, 0.2) is 18.9 Å². The Morgan fingerprint density at radius 3 is 1.37 bits per heavy atom. The van der Waals surface area contributed by atoms with Crippen molar-refractivity contribution in [3.05, 3.63) is 0 Å². The Hall–Kier alpha value is -1.21. The van der Waals surface area contributed by atoms with Crippen molar-refractivity contribution in [2.75, 3.05) is 26.4 Å². The second-order valence-electron chi connectivity index (χ2n) is 16.3. The first-order valence-corrected chi connectivity index (χ1v) is 21.7. The molecule has 0 aromatic rings. The number of hydrogen-bond donors (Lipinski definition) is 12. The van der Waals surface area contributed by atoms with Gasteiger partial charge in [-0.15, -0.1) is 0 Å². The molecule has 1 amide bonds. The number of nitrogens with one attached hydrogen (secondary N) is 1. The van der Waals surface area contributed by atoms with E-state index in [2.05, 4.69) is 12.2 Å². The zero-order chi connectivity index (χ0) is 43.5. The van der Waals surface area contributed by atoms with Gasteiger partial charge < -0.3 is 89.9 Å². The molecule has 0 aromatic heterocycles. The van der Waals surface area contributed by atoms with E-state index in [-0.39, 0.29) is 6.61 Å². The Morgan fingerprint density at radius 1 is 0.542 bits per heavy atom. The van der Waals surface area contributed by atoms with Crippen LogP contribution in [0.5, 0.6) is 0 Å². The molecule has 0 aromatic carbocycles. The van der Waals surface area contributed by atoms with Crippen LogP contribution < -0.4 is 5.32 Å². The summed E-state index contributed by atoms with van der Waals surface area (Å²) in [7, 11) is 0. The molecule has 3 fully saturated rings. The number of carbonyl (C=O) groups is 1. The molecule has 59 heavy (non-hydrogen) atoms. The molecule has 12 N–H and O–H groups in total. The van der Waals surface area contributed by atoms with Gasteiger partial charge in [0.05, 0.1) is 38.6 Å². The van der Waals surface area contributed by atoms with E-state index in [1.54, 1.807) is 0 Å². The molecule has 17 atom stereocenters. The van der Waals surface area contributed by atoms with Crippen LogP contribution in [-0.2, 0) is 33.2 Å². The average Bonchev–Trinajstić information content (AvgIpc) is 3.22. The van der Waals surface area contributed by atoms with Crippen molar-refractivity contribution in [3.8, 4) is 0 Å². The first-order chi connectivity index (χ1) is 28.3. The van der Waals surface area contributed by atoms with Crippen LogP contribution in [0.3, 0.4) is 0 Å². The van der Waals surface area contributed by atoms with Crippen LogP contribution in [0.15, 0.2) is 0 Å². The van der Waals surface area contributed by atoms with E-state index in [1.165, 1.54) is 77.6 Å². The van der Waals surface area contributed by atoms with Crippen LogP contribution in [0.2, 0.25) is 0 Å². The second kappa shape index (κ2) is 27.8. The maximum atomic E-state index is 12.0. The Bertz CT molecular complexity index is 1120. The molecule has 3 aliphatic rings. The Balaban J connectivity index is 1.45. The molecule has 3 saturated heterocycles. The van der Waals surface area contributed by atoms with Gasteiger partial charge in [0, 0.05) is 6.92 Å². The Kier molecular flexibility index (Phi) is 24.5. The highest BCUT2D eigenvalue weighted by molar-refractivity contribution is 5.73. The van der Waals surface area contributed by atoms with Crippen molar-refractivity contribution in [2.45, 2.75) is 221 Å². The number of rotatable bonds is 28. The summed E-state index contributed by atoms with van der Waals surface area (Å²) in [5, 5.41) is 118. The van der Waals surface area contributed by atoms with Crippen LogP contribution in [-0.4, -0.2) is 193 Å². The number of hydrogen-bond acceptors (Lipinski definition) is 18. The van der Waals surface area contributed by atoms with Crippen LogP contribution in [0.25, 0.3) is 0 Å². The van der Waals surface area contributed by atoms with E-state index in [0.717, 1.165) is 25.7 Å². The van der Waals surface area contributed by atoms with Gasteiger partial charge in [0.1, 0.15) is 73.2 Å². The fraction of sp³-hybridized carbons (Fsp3) is 0.975. The minimum Gasteiger partial charge on any atom is -0.394 e. The van der Waals surface area contributed by atoms with Crippen molar-refractivity contribution in [3.63, 3.8) is 0 Å². The summed E-state index contributed by atoms with van der Waals surface area (Å²) in [5.41, 5.74) is 0. The van der Waals surface area contributed by atoms with Gasteiger partial charge in [-0.25, -0.2) is 0 Å². The van der Waals surface area contributed by atoms with Gasteiger partial charge >= 0.3 is 0 Å². The summed E-state index contributed by atoms with van der Waals surface area (Å²) >= 11 is 0. The molecule has 0 aliphatic carbocycles. The first-order valence-electron chi connectivity index (χ1n) is 21.7. The van der Waals surface area contributed by atoms with Gasteiger partial charge in [0.2, 0.25) is 5.91 Å². The molecule has 0 spiro atoms. The van der Waals surface area contributed by atoms with Crippen LogP contribution >= 0.6 is 0 Å². The van der Waals surface area contributed by atoms with Crippen LogP contribution in [0.4, 0.5) is 0 Å². The van der Waals surface area contributed by atoms with E-state index in [1.807, 2.05) is 0 Å². The highest BCUT2D eigenvalue weighted by Gasteiger charge is 2.53. The molecule has 3 heterocycles. The summed E-state index contributed by atoms with van der Waals surface area (Å²) in [6.07, 6.45) is -7.98. The van der Waals surface area contributed by atoms with Crippen molar-refractivity contribution >= 4 is 5.91 Å². The van der Waals surface area contributed by atoms with Crippen molar-refractivity contribution in [2.24, 2.45) is 0 Å². The van der Waals surface area contributed by atoms with Gasteiger partial charge in [-0.05, 0) is 6.42 Å². The van der Waals surface area contributed by atoms with Crippen LogP contribution in [0.1, 0.15) is 117 Å². The molecule has 0 radical (unpaired) electrons. The Morgan fingerprint density at radius 2 is 0.932 bits per heavy atom. The quantitative estimate of drug-likeness (QED) is 0.0402. The highest BCUT2D eigenvalue weighted by atomic mass is 16.8. The maximum absolute atomic E-state index is 12.0. The van der Waals surface area contributed by atoms with Crippen molar-refractivity contribution < 1.29 is 89.4 Å². The zero-order valence-electron chi connectivity index (χ0n) is 34.7. The van der Waals surface area contributed by atoms with E-state index >= 15 is 0 Å². The number of ether oxygens (including phenoxy) is 6. The second-order valence-corrected chi connectivity index (χ2v) is 16.3. The van der Waals surface area contributed by atoms with Gasteiger partial charge in [-0.2, -0.15) is 0 Å². The van der Waals surface area contributed by atoms with E-state index in [0.29, 0.717) is 6.42 Å². The number of carbonyl (C=O) groups excluding carboxylic acids is 1. The number of aliphatic hydroxyl groups is 11. The fourth-order valence-corrected chi connectivity index (χ4v) is 7.82. The third-order valence-corrected chi connectivity index (χ3v) is 11.5. The smallest absolute Gasteiger partial charge is 0.217 e. The molecule has 0 saturated carbocycles. The molecule has 0 bridgehead atoms. The topological polar surface area (TPSA) is 307 Å². The molecule has 19 nitrogen and oxygen atoms in total. The SMILES string of the molecule is CCCCCCCCCCCCCCCCCC(O)C(COC1OC(CO)C(OC2OC(CO)C(OC3OC(CO)C(O)C(O)C3O)C(O)C2O)C(O)C1O)NC(C)=O. The molecule has 19 heteroatoms. The average molecular weight is 858 g/mol. The minimum absolute atomic E-state index is 0.317. The third-order valence-electron chi connectivity index (χ3n) is 11.5. The molecule has 348 valence electrons. The van der Waals surface area contributed by atoms with E-state index in [4.69, 9.17) is 28.4 Å². The Labute approximate surface area is 347 Å². The van der Waals surface area contributed by atoms with Gasteiger partial charge in [0.25, 0.3) is 0 Å². The lowest BCUT2D eigenvalue weighted by atomic mass is 9.96. The lowest BCUT2D eigenvalue weighted by Crippen LogP contribution is -2.66. The van der Waals surface area contributed by atoms with E-state index in [9.17, 15) is 61.0 Å². The molecule has 3 aliphatic heterocycles. The van der Waals surface area contributed by atoms with E-state index < -0.39 is 130 Å². The predicted octanol–water partition coefficient (Wildman–Crippen LogP) is -1.42. The normalized spacial score (nSPS) is 36.3. The van der Waals surface area contributed by atoms with Crippen molar-refractivity contribution in [1.82, 2.24) is 5.32 Å². The monoisotopic (exact) mass is 857 g/mol. The maximum Gasteiger partial charge on any atom is 0.217 e. The zero-order valence-corrected chi connectivity index (χ0v) is 34.7. The first kappa shape index (κ1) is 52.1. The fourth-order valence-electron chi connectivity index (χ4n) is 7.82. The number of amides is 1. The lowest BCUT2D eigenvalue weighted by molar-refractivity contribution is -0.379. The lowest BCUT2D eigenvalue weighted by Gasteiger charge is -2.48. The highest BCUT2D eigenvalue weighted by Crippen LogP contribution is 2.33. The molecular weight excluding hydrogens is 782 g/mol. The summed E-state index contributed by atoms with van der Waals surface area (Å²) in [6.45, 7) is 0.806. The predicted molar refractivity (Wildman–Crippen MR) is 208 cm³/mol. The number of unbranched alkanes of at least 4 members (excludes halogenated alkanes) is 14. The van der Waals surface area contributed by atoms with Crippen LogP contribution in [0, 0.1) is 0 Å². The summed E-state index contributed by atoms with van der Waals surface area (Å²) in [6, 6.07) is -0.880. The van der Waals surface area contributed by atoms with Crippen molar-refractivity contribution in [1.29, 1.82) is 0 Å². The minimum atomic E-state index is -1.96. The number of aliphatic hydroxyl groups excluding tert-OH is 11. The van der Waals surface area contributed by atoms with Gasteiger partial charge in [-0.1, -0.05) is 103 Å². The third kappa shape index (κ3) is 16.1. The molecule has 17 unspecified atom stereocenters. The summed E-state index contributed by atoms with van der Waals surface area (Å²) in [5.74, 6) is -0.420. The van der Waals surface area contributed by atoms with Gasteiger partial charge in [-0.3, -0.25) is 4.79 Å². The summed E-state index contributed by atoms with van der Waals surface area (Å²) < 4.78 is 33.6. The molecular formula is C40H75NO18. The largest absolute Gasteiger partial charge is 0.394 e.